The predicted octanol–water partition coefficient (Wildman–Crippen LogP) is 3.66. The molecule has 1 aliphatic rings. The van der Waals surface area contributed by atoms with Crippen molar-refractivity contribution in [2.45, 2.75) is 6.92 Å². The van der Waals surface area contributed by atoms with Gasteiger partial charge < -0.3 is 10.3 Å². The Kier molecular flexibility index (Phi) is 3.79. The summed E-state index contributed by atoms with van der Waals surface area (Å²) in [5.74, 6) is -0.0480. The number of H-pyrrole nitrogens is 1. The van der Waals surface area contributed by atoms with Gasteiger partial charge in [0.25, 0.3) is 5.91 Å². The van der Waals surface area contributed by atoms with Crippen molar-refractivity contribution in [3.8, 4) is 0 Å². The quantitative estimate of drug-likeness (QED) is 0.833. The summed E-state index contributed by atoms with van der Waals surface area (Å²) >= 11 is 0. The Morgan fingerprint density at radius 2 is 2.09 bits per heavy atom. The van der Waals surface area contributed by atoms with Crippen molar-refractivity contribution in [1.82, 2.24) is 10.3 Å². The summed E-state index contributed by atoms with van der Waals surface area (Å²) in [5, 5.41) is 4.02. The maximum Gasteiger partial charge on any atom is 0.253 e. The second-order valence-electron chi connectivity index (χ2n) is 5.38. The van der Waals surface area contributed by atoms with Gasteiger partial charge in [-0.2, -0.15) is 0 Å². The highest BCUT2D eigenvalue weighted by molar-refractivity contribution is 6.21. The SMILES string of the molecule is C=C/C=C\C=C1\C=C(c2cc3ccc(C)cc3[nH]2)C(=O)NC1. The van der Waals surface area contributed by atoms with E-state index in [0.717, 1.165) is 22.2 Å². The van der Waals surface area contributed by atoms with Gasteiger partial charge in [-0.05, 0) is 36.3 Å². The van der Waals surface area contributed by atoms with Crippen LogP contribution in [-0.4, -0.2) is 17.4 Å². The number of carbonyl (C=O) groups is 1. The molecule has 0 radical (unpaired) electrons. The third-order valence-electron chi connectivity index (χ3n) is 3.65. The molecule has 1 aromatic carbocycles. The average Bonchev–Trinajstić information content (AvgIpc) is 2.92. The highest BCUT2D eigenvalue weighted by Gasteiger charge is 2.18. The minimum atomic E-state index is -0.0480. The van der Waals surface area contributed by atoms with Crippen molar-refractivity contribution in [1.29, 1.82) is 0 Å². The average molecular weight is 290 g/mol. The molecule has 3 heteroatoms. The van der Waals surface area contributed by atoms with Gasteiger partial charge in [0, 0.05) is 17.4 Å². The van der Waals surface area contributed by atoms with Gasteiger partial charge >= 0.3 is 0 Å². The minimum absolute atomic E-state index is 0.0480. The van der Waals surface area contributed by atoms with Gasteiger partial charge in [0.2, 0.25) is 0 Å². The Labute approximate surface area is 129 Å². The lowest BCUT2D eigenvalue weighted by Crippen LogP contribution is -2.30. The molecule has 3 nitrogen and oxygen atoms in total. The minimum Gasteiger partial charge on any atom is -0.354 e. The molecule has 2 aromatic rings. The van der Waals surface area contributed by atoms with Crippen LogP contribution < -0.4 is 5.32 Å². The number of amides is 1. The zero-order chi connectivity index (χ0) is 15.5. The van der Waals surface area contributed by atoms with Crippen LogP contribution in [0.2, 0.25) is 0 Å². The fraction of sp³-hybridized carbons (Fsp3) is 0.105. The van der Waals surface area contributed by atoms with E-state index >= 15 is 0 Å². The number of hydrogen-bond donors (Lipinski definition) is 2. The van der Waals surface area contributed by atoms with Crippen LogP contribution in [0.15, 0.2) is 66.8 Å². The molecule has 22 heavy (non-hydrogen) atoms. The molecule has 0 spiro atoms. The smallest absolute Gasteiger partial charge is 0.253 e. The number of fused-ring (bicyclic) bond motifs is 1. The Balaban J connectivity index is 2.02. The fourth-order valence-electron chi connectivity index (χ4n) is 2.53. The Hall–Kier alpha value is -2.81. The zero-order valence-corrected chi connectivity index (χ0v) is 12.5. The number of aryl methyl sites for hydroxylation is 1. The number of aromatic amines is 1. The first-order valence-corrected chi connectivity index (χ1v) is 7.25. The van der Waals surface area contributed by atoms with Crippen molar-refractivity contribution in [2.75, 3.05) is 6.54 Å². The number of allylic oxidation sites excluding steroid dienone is 4. The molecule has 2 N–H and O–H groups in total. The second kappa shape index (κ2) is 5.90. The molecule has 0 bridgehead atoms. The summed E-state index contributed by atoms with van der Waals surface area (Å²) in [6.07, 6.45) is 9.42. The van der Waals surface area contributed by atoms with E-state index in [1.54, 1.807) is 6.08 Å². The van der Waals surface area contributed by atoms with E-state index in [-0.39, 0.29) is 5.91 Å². The summed E-state index contributed by atoms with van der Waals surface area (Å²) < 4.78 is 0. The Morgan fingerprint density at radius 3 is 2.91 bits per heavy atom. The second-order valence-corrected chi connectivity index (χ2v) is 5.38. The molecule has 1 aliphatic heterocycles. The van der Waals surface area contributed by atoms with Gasteiger partial charge in [-0.1, -0.05) is 43.0 Å². The van der Waals surface area contributed by atoms with E-state index in [9.17, 15) is 4.79 Å². The first-order valence-electron chi connectivity index (χ1n) is 7.25. The van der Waals surface area contributed by atoms with Gasteiger partial charge in [0.05, 0.1) is 11.3 Å². The number of carbonyl (C=O) groups excluding carboxylic acids is 1. The van der Waals surface area contributed by atoms with Crippen molar-refractivity contribution in [3.63, 3.8) is 0 Å². The molecule has 0 unspecified atom stereocenters. The monoisotopic (exact) mass is 290 g/mol. The summed E-state index contributed by atoms with van der Waals surface area (Å²) in [5.41, 5.74) is 4.81. The summed E-state index contributed by atoms with van der Waals surface area (Å²) in [6.45, 7) is 6.24. The summed E-state index contributed by atoms with van der Waals surface area (Å²) in [6, 6.07) is 8.24. The molecule has 0 aliphatic carbocycles. The number of nitrogens with one attached hydrogen (secondary N) is 2. The predicted molar refractivity (Wildman–Crippen MR) is 91.4 cm³/mol. The van der Waals surface area contributed by atoms with Crippen LogP contribution in [0, 0.1) is 6.92 Å². The van der Waals surface area contributed by atoms with Crippen molar-refractivity contribution in [3.05, 3.63) is 78.1 Å². The standard InChI is InChI=1S/C19H18N2O/c1-3-4-5-6-14-10-16(19(22)20-12-14)18-11-15-8-7-13(2)9-17(15)21-18/h3-11,21H,1,12H2,2H3,(H,20,22)/b5-4-,14-6-. The van der Waals surface area contributed by atoms with E-state index < -0.39 is 0 Å². The molecular formula is C19H18N2O. The molecule has 0 atom stereocenters. The summed E-state index contributed by atoms with van der Waals surface area (Å²) in [4.78, 5) is 15.5. The van der Waals surface area contributed by atoms with Gasteiger partial charge in [-0.25, -0.2) is 0 Å². The molecule has 3 rings (SSSR count). The third-order valence-corrected chi connectivity index (χ3v) is 3.65. The fourth-order valence-corrected chi connectivity index (χ4v) is 2.53. The molecule has 0 saturated heterocycles. The first-order chi connectivity index (χ1) is 10.7. The molecule has 2 heterocycles. The molecule has 1 aromatic heterocycles. The number of aromatic nitrogens is 1. The van der Waals surface area contributed by atoms with Crippen LogP contribution >= 0.6 is 0 Å². The normalized spacial score (nSPS) is 17.0. The van der Waals surface area contributed by atoms with Gasteiger partial charge in [0.1, 0.15) is 0 Å². The van der Waals surface area contributed by atoms with Gasteiger partial charge in [-0.15, -0.1) is 0 Å². The summed E-state index contributed by atoms with van der Waals surface area (Å²) in [7, 11) is 0. The highest BCUT2D eigenvalue weighted by atomic mass is 16.1. The highest BCUT2D eigenvalue weighted by Crippen LogP contribution is 2.24. The van der Waals surface area contributed by atoms with Crippen LogP contribution in [0.3, 0.4) is 0 Å². The van der Waals surface area contributed by atoms with E-state index in [1.165, 1.54) is 5.56 Å². The molecule has 110 valence electrons. The van der Waals surface area contributed by atoms with Crippen LogP contribution in [0.5, 0.6) is 0 Å². The van der Waals surface area contributed by atoms with Crippen molar-refractivity contribution in [2.24, 2.45) is 0 Å². The molecule has 0 fully saturated rings. The number of hydrogen-bond acceptors (Lipinski definition) is 1. The Bertz CT molecular complexity index is 834. The van der Waals surface area contributed by atoms with Crippen LogP contribution in [0.1, 0.15) is 11.3 Å². The number of rotatable bonds is 3. The number of benzene rings is 1. The van der Waals surface area contributed by atoms with Crippen LogP contribution in [0.25, 0.3) is 16.5 Å². The van der Waals surface area contributed by atoms with Crippen LogP contribution in [-0.2, 0) is 4.79 Å². The van der Waals surface area contributed by atoms with Crippen molar-refractivity contribution >= 4 is 22.4 Å². The van der Waals surface area contributed by atoms with E-state index in [0.29, 0.717) is 12.1 Å². The largest absolute Gasteiger partial charge is 0.354 e. The lowest BCUT2D eigenvalue weighted by molar-refractivity contribution is -0.115. The van der Waals surface area contributed by atoms with E-state index in [1.807, 2.05) is 30.4 Å². The molecule has 0 saturated carbocycles. The maximum absolute atomic E-state index is 12.2. The molecule has 1 amide bonds. The maximum atomic E-state index is 12.2. The molecular weight excluding hydrogens is 272 g/mol. The van der Waals surface area contributed by atoms with Gasteiger partial charge in [-0.3, -0.25) is 4.79 Å². The zero-order valence-electron chi connectivity index (χ0n) is 12.5. The lowest BCUT2D eigenvalue weighted by Gasteiger charge is -2.15. The third kappa shape index (κ3) is 2.79. The van der Waals surface area contributed by atoms with Crippen LogP contribution in [0.4, 0.5) is 0 Å². The van der Waals surface area contributed by atoms with Crippen molar-refractivity contribution < 1.29 is 4.79 Å². The first kappa shape index (κ1) is 14.1. The van der Waals surface area contributed by atoms with Gasteiger partial charge in [0.15, 0.2) is 0 Å². The van der Waals surface area contributed by atoms with E-state index in [4.69, 9.17) is 0 Å². The lowest BCUT2D eigenvalue weighted by atomic mass is 10.0. The Morgan fingerprint density at radius 1 is 1.23 bits per heavy atom. The van der Waals surface area contributed by atoms with E-state index in [2.05, 4.69) is 42.0 Å². The topological polar surface area (TPSA) is 44.9 Å².